The summed E-state index contributed by atoms with van der Waals surface area (Å²) in [5.74, 6) is -0.211. The van der Waals surface area contributed by atoms with E-state index in [0.717, 1.165) is 19.4 Å². The van der Waals surface area contributed by atoms with Crippen LogP contribution in [0.25, 0.3) is 0 Å². The van der Waals surface area contributed by atoms with Gasteiger partial charge in [-0.2, -0.15) is 0 Å². The van der Waals surface area contributed by atoms with Crippen molar-refractivity contribution in [1.29, 1.82) is 0 Å². The topological polar surface area (TPSA) is 73.9 Å². The van der Waals surface area contributed by atoms with Crippen molar-refractivity contribution in [1.82, 2.24) is 5.32 Å². The second kappa shape index (κ2) is 7.64. The molecule has 0 bridgehead atoms. The lowest BCUT2D eigenvalue weighted by Crippen LogP contribution is -2.25. The number of ether oxygens (including phenoxy) is 3. The first-order valence-electron chi connectivity index (χ1n) is 6.91. The molecular formula is C15H19NO5. The fraction of sp³-hybridized carbons (Fsp3) is 0.467. The van der Waals surface area contributed by atoms with E-state index in [1.54, 1.807) is 24.3 Å². The number of likely N-dealkylation sites (N-methyl/N-ethyl adjacent to an activating group) is 1. The summed E-state index contributed by atoms with van der Waals surface area (Å²) in [5.41, 5.74) is 0.378. The van der Waals surface area contributed by atoms with Crippen LogP contribution in [0.1, 0.15) is 23.2 Å². The minimum absolute atomic E-state index is 0.155. The van der Waals surface area contributed by atoms with E-state index in [0.29, 0.717) is 17.9 Å². The van der Waals surface area contributed by atoms with E-state index in [1.807, 2.05) is 0 Å². The Bertz CT molecular complexity index is 479. The van der Waals surface area contributed by atoms with Gasteiger partial charge in [-0.25, -0.2) is 4.79 Å². The van der Waals surface area contributed by atoms with Crippen molar-refractivity contribution in [3.05, 3.63) is 29.8 Å². The number of hydrogen-bond donors (Lipinski definition) is 1. The van der Waals surface area contributed by atoms with Gasteiger partial charge in [0, 0.05) is 13.7 Å². The third-order valence-electron chi connectivity index (χ3n) is 3.16. The van der Waals surface area contributed by atoms with E-state index in [1.165, 1.54) is 7.05 Å². The van der Waals surface area contributed by atoms with Gasteiger partial charge in [0.25, 0.3) is 5.91 Å². The van der Waals surface area contributed by atoms with Gasteiger partial charge >= 0.3 is 5.97 Å². The summed E-state index contributed by atoms with van der Waals surface area (Å²) in [4.78, 5) is 22.7. The number of esters is 1. The number of carbonyl (C=O) groups excluding carboxylic acids is 2. The Morgan fingerprint density at radius 1 is 1.33 bits per heavy atom. The van der Waals surface area contributed by atoms with Gasteiger partial charge in [-0.05, 0) is 37.1 Å². The lowest BCUT2D eigenvalue weighted by Gasteiger charge is -2.11. The third kappa shape index (κ3) is 4.75. The average Bonchev–Trinajstić information content (AvgIpc) is 3.04. The molecule has 1 amide bonds. The molecule has 1 aromatic rings. The highest BCUT2D eigenvalue weighted by molar-refractivity contribution is 5.91. The van der Waals surface area contributed by atoms with E-state index in [-0.39, 0.29) is 18.6 Å². The van der Waals surface area contributed by atoms with Crippen molar-refractivity contribution in [2.75, 3.05) is 26.9 Å². The molecule has 1 aliphatic heterocycles. The lowest BCUT2D eigenvalue weighted by atomic mass is 10.2. The summed E-state index contributed by atoms with van der Waals surface area (Å²) < 4.78 is 15.9. The molecule has 0 aliphatic carbocycles. The highest BCUT2D eigenvalue weighted by Gasteiger charge is 2.16. The van der Waals surface area contributed by atoms with E-state index >= 15 is 0 Å². The first-order chi connectivity index (χ1) is 10.2. The Morgan fingerprint density at radius 2 is 2.10 bits per heavy atom. The molecule has 1 aromatic carbocycles. The average molecular weight is 293 g/mol. The number of hydrogen-bond acceptors (Lipinski definition) is 5. The smallest absolute Gasteiger partial charge is 0.338 e. The van der Waals surface area contributed by atoms with Crippen molar-refractivity contribution in [2.45, 2.75) is 18.9 Å². The van der Waals surface area contributed by atoms with Gasteiger partial charge in [0.15, 0.2) is 6.61 Å². The Morgan fingerprint density at radius 3 is 2.71 bits per heavy atom. The summed E-state index contributed by atoms with van der Waals surface area (Å²) in [6.45, 7) is 1.03. The maximum Gasteiger partial charge on any atom is 0.338 e. The van der Waals surface area contributed by atoms with Crippen molar-refractivity contribution in [2.24, 2.45) is 0 Å². The molecule has 0 saturated carbocycles. The summed E-state index contributed by atoms with van der Waals surface area (Å²) in [6.07, 6.45) is 2.25. The van der Waals surface area contributed by atoms with E-state index in [2.05, 4.69) is 5.32 Å². The second-order valence-corrected chi connectivity index (χ2v) is 4.72. The fourth-order valence-electron chi connectivity index (χ4n) is 1.94. The number of rotatable bonds is 6. The first-order valence-corrected chi connectivity index (χ1v) is 6.91. The number of carbonyl (C=O) groups is 2. The monoisotopic (exact) mass is 293 g/mol. The standard InChI is InChI=1S/C15H19NO5/c1-16-14(17)10-21-15(18)11-4-6-12(7-5-11)20-9-13-3-2-8-19-13/h4-7,13H,2-3,8-10H2,1H3,(H,16,17)/t13-/m1/s1. The van der Waals surface area contributed by atoms with Gasteiger partial charge in [0.1, 0.15) is 12.4 Å². The molecule has 1 heterocycles. The third-order valence-corrected chi connectivity index (χ3v) is 3.16. The molecular weight excluding hydrogens is 274 g/mol. The Balaban J connectivity index is 1.80. The highest BCUT2D eigenvalue weighted by atomic mass is 16.5. The predicted molar refractivity (Wildman–Crippen MR) is 75.3 cm³/mol. The molecule has 0 unspecified atom stereocenters. The van der Waals surface area contributed by atoms with E-state index < -0.39 is 5.97 Å². The fourth-order valence-corrected chi connectivity index (χ4v) is 1.94. The number of amides is 1. The second-order valence-electron chi connectivity index (χ2n) is 4.72. The van der Waals surface area contributed by atoms with Crippen LogP contribution < -0.4 is 10.1 Å². The SMILES string of the molecule is CNC(=O)COC(=O)c1ccc(OC[C@H]2CCCO2)cc1. The van der Waals surface area contributed by atoms with Gasteiger partial charge in [-0.1, -0.05) is 0 Å². The van der Waals surface area contributed by atoms with Crippen LogP contribution in [0, 0.1) is 0 Å². The van der Waals surface area contributed by atoms with Crippen molar-refractivity contribution >= 4 is 11.9 Å². The highest BCUT2D eigenvalue weighted by Crippen LogP contribution is 2.16. The molecule has 1 saturated heterocycles. The zero-order valence-corrected chi connectivity index (χ0v) is 12.0. The molecule has 1 aliphatic rings. The molecule has 6 nitrogen and oxygen atoms in total. The predicted octanol–water partition coefficient (Wildman–Crippen LogP) is 1.15. The van der Waals surface area contributed by atoms with Gasteiger partial charge in [-0.3, -0.25) is 4.79 Å². The summed E-state index contributed by atoms with van der Waals surface area (Å²) in [7, 11) is 1.48. The van der Waals surface area contributed by atoms with Gasteiger partial charge in [-0.15, -0.1) is 0 Å². The Hall–Kier alpha value is -2.08. The van der Waals surface area contributed by atoms with E-state index in [4.69, 9.17) is 14.2 Å². The summed E-state index contributed by atoms with van der Waals surface area (Å²) in [5, 5.41) is 2.38. The number of nitrogens with one attached hydrogen (secondary N) is 1. The molecule has 21 heavy (non-hydrogen) atoms. The Kier molecular flexibility index (Phi) is 5.57. The minimum Gasteiger partial charge on any atom is -0.491 e. The van der Waals surface area contributed by atoms with E-state index in [9.17, 15) is 9.59 Å². The zero-order valence-electron chi connectivity index (χ0n) is 12.0. The molecule has 0 aromatic heterocycles. The summed E-state index contributed by atoms with van der Waals surface area (Å²) in [6, 6.07) is 6.62. The molecule has 1 N–H and O–H groups in total. The van der Waals surface area contributed by atoms with Crippen LogP contribution in [-0.4, -0.2) is 44.8 Å². The largest absolute Gasteiger partial charge is 0.491 e. The number of benzene rings is 1. The van der Waals surface area contributed by atoms with Crippen LogP contribution in [0.5, 0.6) is 5.75 Å². The van der Waals surface area contributed by atoms with Crippen LogP contribution in [0.15, 0.2) is 24.3 Å². The molecule has 114 valence electrons. The van der Waals surface area contributed by atoms with Crippen LogP contribution in [0.2, 0.25) is 0 Å². The van der Waals surface area contributed by atoms with Gasteiger partial charge < -0.3 is 19.5 Å². The summed E-state index contributed by atoms with van der Waals surface area (Å²) >= 11 is 0. The maximum atomic E-state index is 11.7. The molecule has 1 atom stereocenters. The van der Waals surface area contributed by atoms with Crippen molar-refractivity contribution in [3.8, 4) is 5.75 Å². The molecule has 1 fully saturated rings. The molecule has 0 spiro atoms. The van der Waals surface area contributed by atoms with Crippen LogP contribution in [0.3, 0.4) is 0 Å². The van der Waals surface area contributed by atoms with Crippen molar-refractivity contribution in [3.63, 3.8) is 0 Å². The molecule has 2 rings (SSSR count). The van der Waals surface area contributed by atoms with Crippen molar-refractivity contribution < 1.29 is 23.8 Å². The lowest BCUT2D eigenvalue weighted by molar-refractivity contribution is -0.123. The van der Waals surface area contributed by atoms with Crippen LogP contribution in [0.4, 0.5) is 0 Å². The normalized spacial score (nSPS) is 17.3. The van der Waals surface area contributed by atoms with Gasteiger partial charge in [0.05, 0.1) is 11.7 Å². The van der Waals surface area contributed by atoms with Crippen LogP contribution >= 0.6 is 0 Å². The molecule has 0 radical (unpaired) electrons. The van der Waals surface area contributed by atoms with Crippen LogP contribution in [-0.2, 0) is 14.3 Å². The van der Waals surface area contributed by atoms with Gasteiger partial charge in [0.2, 0.25) is 0 Å². The Labute approximate surface area is 123 Å². The maximum absolute atomic E-state index is 11.7. The molecule has 6 heteroatoms. The minimum atomic E-state index is -0.538. The zero-order chi connectivity index (χ0) is 15.1. The quantitative estimate of drug-likeness (QED) is 0.796. The first kappa shape index (κ1) is 15.3.